The summed E-state index contributed by atoms with van der Waals surface area (Å²) < 4.78 is 16.5. The molecule has 0 aliphatic heterocycles. The van der Waals surface area contributed by atoms with E-state index in [-0.39, 0.29) is 11.7 Å². The second-order valence-electron chi connectivity index (χ2n) is 5.43. The van der Waals surface area contributed by atoms with Crippen molar-refractivity contribution in [3.8, 4) is 0 Å². The summed E-state index contributed by atoms with van der Waals surface area (Å²) in [4.78, 5) is 11.9. The Labute approximate surface area is 132 Å². The van der Waals surface area contributed by atoms with Crippen molar-refractivity contribution < 1.29 is 9.18 Å². The zero-order valence-electron chi connectivity index (χ0n) is 13.1. The number of fused-ring (bicyclic) bond motifs is 1. The summed E-state index contributed by atoms with van der Waals surface area (Å²) in [5.41, 5.74) is 3.42. The summed E-state index contributed by atoms with van der Waals surface area (Å²) in [6.07, 6.45) is 2.55. The lowest BCUT2D eigenvalue weighted by Gasteiger charge is -2.06. The first-order chi connectivity index (χ1) is 11.1. The number of nitrogens with one attached hydrogen (secondary N) is 1. The Morgan fingerprint density at radius 2 is 2.04 bits per heavy atom. The molecule has 3 aromatic rings. The zero-order valence-corrected chi connectivity index (χ0v) is 13.1. The zero-order chi connectivity index (χ0) is 16.4. The molecule has 1 aromatic carbocycles. The molecule has 1 amide bonds. The van der Waals surface area contributed by atoms with Crippen LogP contribution < -0.4 is 5.32 Å². The van der Waals surface area contributed by atoms with Crippen LogP contribution in [-0.4, -0.2) is 32.0 Å². The Hall–Kier alpha value is -2.70. The topological polar surface area (TPSA) is 64.7 Å². The molecule has 120 valence electrons. The van der Waals surface area contributed by atoms with E-state index >= 15 is 0 Å². The first-order valence-corrected chi connectivity index (χ1v) is 7.45. The third kappa shape index (κ3) is 3.08. The van der Waals surface area contributed by atoms with Gasteiger partial charge in [-0.2, -0.15) is 10.2 Å². The molecule has 0 atom stereocenters. The predicted octanol–water partition coefficient (Wildman–Crippen LogP) is 2.04. The minimum atomic E-state index is -0.351. The van der Waals surface area contributed by atoms with Gasteiger partial charge in [-0.1, -0.05) is 0 Å². The third-order valence-electron chi connectivity index (χ3n) is 3.75. The lowest BCUT2D eigenvalue weighted by Crippen LogP contribution is -2.25. The van der Waals surface area contributed by atoms with Gasteiger partial charge in [0.15, 0.2) is 0 Å². The Morgan fingerprint density at radius 3 is 2.78 bits per heavy atom. The van der Waals surface area contributed by atoms with Gasteiger partial charge in [-0.15, -0.1) is 0 Å². The molecule has 0 unspecified atom stereocenters. The third-order valence-corrected chi connectivity index (χ3v) is 3.75. The van der Waals surface area contributed by atoms with E-state index in [1.807, 2.05) is 23.3 Å². The first-order valence-electron chi connectivity index (χ1n) is 7.45. The summed E-state index contributed by atoms with van der Waals surface area (Å²) in [6, 6.07) is 5.50. The molecule has 0 radical (unpaired) electrons. The van der Waals surface area contributed by atoms with E-state index in [2.05, 4.69) is 15.5 Å². The van der Waals surface area contributed by atoms with E-state index < -0.39 is 0 Å². The lowest BCUT2D eigenvalue weighted by molar-refractivity contribution is 0.0952. The highest BCUT2D eigenvalue weighted by molar-refractivity contribution is 5.94. The van der Waals surface area contributed by atoms with E-state index in [4.69, 9.17) is 0 Å². The van der Waals surface area contributed by atoms with Crippen molar-refractivity contribution in [3.05, 3.63) is 47.5 Å². The average molecular weight is 315 g/mol. The molecule has 0 saturated heterocycles. The molecule has 1 N–H and O–H groups in total. The minimum Gasteiger partial charge on any atom is -0.352 e. The number of nitrogens with zero attached hydrogens (tertiary/aromatic N) is 4. The van der Waals surface area contributed by atoms with Crippen molar-refractivity contribution in [3.63, 3.8) is 0 Å². The molecular weight excluding hydrogens is 297 g/mol. The van der Waals surface area contributed by atoms with Crippen molar-refractivity contribution in [2.75, 3.05) is 6.54 Å². The van der Waals surface area contributed by atoms with Gasteiger partial charge in [0.05, 0.1) is 11.9 Å². The summed E-state index contributed by atoms with van der Waals surface area (Å²) in [6.45, 7) is 3.17. The summed E-state index contributed by atoms with van der Waals surface area (Å²) in [5.74, 6) is -0.552. The summed E-state index contributed by atoms with van der Waals surface area (Å²) >= 11 is 0. The number of amides is 1. The highest BCUT2D eigenvalue weighted by atomic mass is 19.1. The quantitative estimate of drug-likeness (QED) is 0.733. The smallest absolute Gasteiger partial charge is 0.251 e. The van der Waals surface area contributed by atoms with Crippen LogP contribution in [0.3, 0.4) is 0 Å². The van der Waals surface area contributed by atoms with Crippen LogP contribution in [0.4, 0.5) is 4.39 Å². The number of hydrogen-bond acceptors (Lipinski definition) is 3. The van der Waals surface area contributed by atoms with Gasteiger partial charge < -0.3 is 5.32 Å². The van der Waals surface area contributed by atoms with Crippen LogP contribution in [0.2, 0.25) is 0 Å². The molecule has 0 aliphatic carbocycles. The predicted molar refractivity (Wildman–Crippen MR) is 84.6 cm³/mol. The second-order valence-corrected chi connectivity index (χ2v) is 5.43. The van der Waals surface area contributed by atoms with Crippen LogP contribution in [0, 0.1) is 12.7 Å². The number of halogens is 1. The second kappa shape index (κ2) is 6.20. The molecule has 2 heterocycles. The molecule has 2 aromatic heterocycles. The van der Waals surface area contributed by atoms with Gasteiger partial charge in [0.2, 0.25) is 0 Å². The number of carbonyl (C=O) groups is 1. The van der Waals surface area contributed by atoms with Crippen molar-refractivity contribution in [2.24, 2.45) is 7.05 Å². The van der Waals surface area contributed by atoms with Crippen LogP contribution in [0.5, 0.6) is 0 Å². The van der Waals surface area contributed by atoms with Crippen LogP contribution in [0.25, 0.3) is 11.0 Å². The van der Waals surface area contributed by atoms with Crippen molar-refractivity contribution in [2.45, 2.75) is 19.9 Å². The van der Waals surface area contributed by atoms with Gasteiger partial charge in [0.25, 0.3) is 5.91 Å². The maximum atomic E-state index is 12.8. The van der Waals surface area contributed by atoms with E-state index in [0.29, 0.717) is 18.7 Å². The lowest BCUT2D eigenvalue weighted by atomic mass is 10.2. The molecule has 0 fully saturated rings. The first kappa shape index (κ1) is 15.2. The maximum Gasteiger partial charge on any atom is 0.251 e. The molecule has 0 saturated carbocycles. The van der Waals surface area contributed by atoms with Gasteiger partial charge in [-0.25, -0.2) is 4.39 Å². The summed E-state index contributed by atoms with van der Waals surface area (Å²) in [5, 5.41) is 11.6. The van der Waals surface area contributed by atoms with Crippen LogP contribution in [0.1, 0.15) is 22.5 Å². The van der Waals surface area contributed by atoms with Crippen molar-refractivity contribution in [1.82, 2.24) is 24.9 Å². The normalized spacial score (nSPS) is 11.1. The van der Waals surface area contributed by atoms with Crippen molar-refractivity contribution in [1.29, 1.82) is 0 Å². The molecule has 7 heteroatoms. The highest BCUT2D eigenvalue weighted by Crippen LogP contribution is 2.16. The van der Waals surface area contributed by atoms with Gasteiger partial charge in [-0.3, -0.25) is 14.2 Å². The summed E-state index contributed by atoms with van der Waals surface area (Å²) in [7, 11) is 1.89. The number of rotatable bonds is 5. The number of carbonyl (C=O) groups excluding carboxylic acids is 1. The van der Waals surface area contributed by atoms with Gasteiger partial charge in [0.1, 0.15) is 16.9 Å². The van der Waals surface area contributed by atoms with E-state index in [1.54, 1.807) is 6.20 Å². The minimum absolute atomic E-state index is 0.201. The van der Waals surface area contributed by atoms with Gasteiger partial charge >= 0.3 is 0 Å². The number of aryl methyl sites for hydroxylation is 3. The maximum absolute atomic E-state index is 12.8. The Balaban J connectivity index is 1.55. The average Bonchev–Trinajstić information content (AvgIpc) is 3.07. The van der Waals surface area contributed by atoms with E-state index in [0.717, 1.165) is 23.1 Å². The number of hydrogen-bond donors (Lipinski definition) is 1. The van der Waals surface area contributed by atoms with Crippen molar-refractivity contribution >= 4 is 16.9 Å². The Kier molecular flexibility index (Phi) is 4.10. The Morgan fingerprint density at radius 1 is 1.30 bits per heavy atom. The molecule has 0 aliphatic rings. The van der Waals surface area contributed by atoms with Crippen LogP contribution in [0.15, 0.2) is 30.5 Å². The number of benzene rings is 1. The van der Waals surface area contributed by atoms with Gasteiger partial charge in [0, 0.05) is 25.7 Å². The largest absolute Gasteiger partial charge is 0.352 e. The molecule has 23 heavy (non-hydrogen) atoms. The van der Waals surface area contributed by atoms with E-state index in [9.17, 15) is 9.18 Å². The van der Waals surface area contributed by atoms with Crippen LogP contribution in [-0.2, 0) is 13.6 Å². The molecular formula is C16H18FN5O. The Bertz CT molecular complexity index is 834. The van der Waals surface area contributed by atoms with E-state index in [1.165, 1.54) is 24.3 Å². The molecule has 6 nitrogen and oxygen atoms in total. The number of aromatic nitrogens is 4. The molecule has 0 bridgehead atoms. The fourth-order valence-corrected chi connectivity index (χ4v) is 2.61. The monoisotopic (exact) mass is 315 g/mol. The van der Waals surface area contributed by atoms with Crippen LogP contribution >= 0.6 is 0 Å². The molecule has 0 spiro atoms. The fourth-order valence-electron chi connectivity index (χ4n) is 2.61. The highest BCUT2D eigenvalue weighted by Gasteiger charge is 2.11. The van der Waals surface area contributed by atoms with Gasteiger partial charge in [-0.05, 0) is 37.6 Å². The SMILES string of the molecule is Cc1nn(C)c2cnn(CCCNC(=O)c3ccc(F)cc3)c12. The fraction of sp³-hybridized carbons (Fsp3) is 0.312. The molecule has 3 rings (SSSR count). The standard InChI is InChI=1S/C16H18FN5O/c1-11-15-14(21(2)20-11)10-19-22(15)9-3-8-18-16(23)12-4-6-13(17)7-5-12/h4-7,10H,3,8-9H2,1-2H3,(H,18,23).